The van der Waals surface area contributed by atoms with Gasteiger partial charge in [-0.1, -0.05) is 5.92 Å². The standard InChI is InChI=1S/C8H8N2S/c1-7-4-5-9-8(10-7)3-2-6-11/h4-5,11H,6H2,1H3. The Balaban J connectivity index is 2.87. The lowest BCUT2D eigenvalue weighted by molar-refractivity contribution is 1.07. The van der Waals surface area contributed by atoms with Gasteiger partial charge in [0.1, 0.15) is 0 Å². The van der Waals surface area contributed by atoms with Crippen LogP contribution < -0.4 is 0 Å². The Morgan fingerprint density at radius 1 is 1.64 bits per heavy atom. The molecule has 0 fully saturated rings. The summed E-state index contributed by atoms with van der Waals surface area (Å²) in [7, 11) is 0. The lowest BCUT2D eigenvalue weighted by Crippen LogP contribution is -1.89. The second kappa shape index (κ2) is 3.99. The van der Waals surface area contributed by atoms with E-state index in [-0.39, 0.29) is 0 Å². The average molecular weight is 164 g/mol. The average Bonchev–Trinajstić information content (AvgIpc) is 2.01. The van der Waals surface area contributed by atoms with Gasteiger partial charge in [-0.3, -0.25) is 0 Å². The van der Waals surface area contributed by atoms with Gasteiger partial charge in [0, 0.05) is 11.9 Å². The van der Waals surface area contributed by atoms with Gasteiger partial charge in [0.25, 0.3) is 0 Å². The van der Waals surface area contributed by atoms with E-state index < -0.39 is 0 Å². The highest BCUT2D eigenvalue weighted by Gasteiger charge is 1.88. The van der Waals surface area contributed by atoms with Crippen LogP contribution in [-0.2, 0) is 0 Å². The van der Waals surface area contributed by atoms with Crippen molar-refractivity contribution in [3.8, 4) is 11.8 Å². The second-order valence-electron chi connectivity index (χ2n) is 1.98. The fourth-order valence-electron chi connectivity index (χ4n) is 0.628. The number of rotatable bonds is 0. The van der Waals surface area contributed by atoms with Gasteiger partial charge in [0.2, 0.25) is 5.82 Å². The zero-order valence-corrected chi connectivity index (χ0v) is 7.10. The molecule has 1 heterocycles. The topological polar surface area (TPSA) is 25.8 Å². The van der Waals surface area contributed by atoms with Gasteiger partial charge in [-0.15, -0.1) is 0 Å². The molecule has 0 radical (unpaired) electrons. The van der Waals surface area contributed by atoms with Crippen LogP contribution in [0.5, 0.6) is 0 Å². The normalized spacial score (nSPS) is 8.55. The van der Waals surface area contributed by atoms with Gasteiger partial charge in [-0.05, 0) is 18.9 Å². The zero-order valence-electron chi connectivity index (χ0n) is 6.20. The van der Waals surface area contributed by atoms with Crippen LogP contribution in [0.25, 0.3) is 0 Å². The fourth-order valence-corrected chi connectivity index (χ4v) is 0.707. The summed E-state index contributed by atoms with van der Waals surface area (Å²) in [5.41, 5.74) is 0.934. The van der Waals surface area contributed by atoms with Crippen LogP contribution in [0.1, 0.15) is 11.5 Å². The molecule has 0 aliphatic heterocycles. The van der Waals surface area contributed by atoms with Crippen molar-refractivity contribution in [2.75, 3.05) is 5.75 Å². The molecule has 0 N–H and O–H groups in total. The lowest BCUT2D eigenvalue weighted by atomic mass is 10.4. The van der Waals surface area contributed by atoms with E-state index in [1.165, 1.54) is 0 Å². The van der Waals surface area contributed by atoms with Crippen molar-refractivity contribution >= 4 is 12.6 Å². The summed E-state index contributed by atoms with van der Waals surface area (Å²) >= 11 is 3.95. The van der Waals surface area contributed by atoms with E-state index in [4.69, 9.17) is 0 Å². The van der Waals surface area contributed by atoms with Crippen LogP contribution in [0, 0.1) is 18.8 Å². The van der Waals surface area contributed by atoms with Crippen molar-refractivity contribution in [1.29, 1.82) is 0 Å². The summed E-state index contributed by atoms with van der Waals surface area (Å²) in [6, 6.07) is 1.84. The van der Waals surface area contributed by atoms with E-state index in [0.717, 1.165) is 5.69 Å². The molecule has 1 rings (SSSR count). The molecule has 0 aliphatic carbocycles. The smallest absolute Gasteiger partial charge is 0.205 e. The predicted molar refractivity (Wildman–Crippen MR) is 47.5 cm³/mol. The molecule has 0 aliphatic rings. The minimum absolute atomic E-state index is 0.539. The van der Waals surface area contributed by atoms with Crippen molar-refractivity contribution in [3.63, 3.8) is 0 Å². The molecule has 0 amide bonds. The highest BCUT2D eigenvalue weighted by Crippen LogP contribution is 1.90. The zero-order chi connectivity index (χ0) is 8.10. The lowest BCUT2D eigenvalue weighted by Gasteiger charge is -1.89. The Bertz CT molecular complexity index is 298. The van der Waals surface area contributed by atoms with Crippen molar-refractivity contribution in [2.24, 2.45) is 0 Å². The molecule has 2 nitrogen and oxygen atoms in total. The molecule has 0 atom stereocenters. The molecule has 11 heavy (non-hydrogen) atoms. The monoisotopic (exact) mass is 164 g/mol. The van der Waals surface area contributed by atoms with Crippen LogP contribution >= 0.6 is 12.6 Å². The first-order valence-electron chi connectivity index (χ1n) is 3.22. The van der Waals surface area contributed by atoms with Gasteiger partial charge in [-0.2, -0.15) is 12.6 Å². The highest BCUT2D eigenvalue weighted by atomic mass is 32.1. The van der Waals surface area contributed by atoms with E-state index in [2.05, 4.69) is 34.4 Å². The molecule has 0 aromatic carbocycles. The first kappa shape index (κ1) is 8.09. The van der Waals surface area contributed by atoms with Gasteiger partial charge >= 0.3 is 0 Å². The largest absolute Gasteiger partial charge is 0.229 e. The maximum absolute atomic E-state index is 4.09. The molecule has 1 aromatic rings. The molecule has 0 bridgehead atoms. The molecule has 56 valence electrons. The Labute approximate surface area is 71.5 Å². The number of aryl methyl sites for hydroxylation is 1. The maximum Gasteiger partial charge on any atom is 0.205 e. The predicted octanol–water partition coefficient (Wildman–Crippen LogP) is 1.07. The third-order valence-corrected chi connectivity index (χ3v) is 1.23. The van der Waals surface area contributed by atoms with E-state index in [1.54, 1.807) is 6.20 Å². The summed E-state index contributed by atoms with van der Waals surface area (Å²) < 4.78 is 0. The summed E-state index contributed by atoms with van der Waals surface area (Å²) in [5.74, 6) is 6.68. The molecule has 1 aromatic heterocycles. The molecular weight excluding hydrogens is 156 g/mol. The third kappa shape index (κ3) is 2.60. The minimum atomic E-state index is 0.539. The van der Waals surface area contributed by atoms with Crippen molar-refractivity contribution in [1.82, 2.24) is 9.97 Å². The first-order valence-corrected chi connectivity index (χ1v) is 3.85. The Kier molecular flexibility index (Phi) is 2.94. The summed E-state index contributed by atoms with van der Waals surface area (Å²) in [6.07, 6.45) is 1.70. The van der Waals surface area contributed by atoms with Gasteiger partial charge in [0.15, 0.2) is 0 Å². The maximum atomic E-state index is 4.09. The number of aromatic nitrogens is 2. The number of thiol groups is 1. The Morgan fingerprint density at radius 2 is 2.45 bits per heavy atom. The molecule has 3 heteroatoms. The van der Waals surface area contributed by atoms with Gasteiger partial charge in [0.05, 0.1) is 5.75 Å². The van der Waals surface area contributed by atoms with Gasteiger partial charge in [-0.25, -0.2) is 9.97 Å². The first-order chi connectivity index (χ1) is 5.33. The van der Waals surface area contributed by atoms with Crippen LogP contribution in [0.3, 0.4) is 0 Å². The molecule has 0 spiro atoms. The summed E-state index contributed by atoms with van der Waals surface area (Å²) in [5, 5.41) is 0. The van der Waals surface area contributed by atoms with Crippen LogP contribution in [0.4, 0.5) is 0 Å². The van der Waals surface area contributed by atoms with Crippen LogP contribution in [0.2, 0.25) is 0 Å². The summed E-state index contributed by atoms with van der Waals surface area (Å²) in [4.78, 5) is 8.05. The van der Waals surface area contributed by atoms with E-state index >= 15 is 0 Å². The van der Waals surface area contributed by atoms with E-state index in [9.17, 15) is 0 Å². The van der Waals surface area contributed by atoms with E-state index in [0.29, 0.717) is 11.6 Å². The Morgan fingerprint density at radius 3 is 3.09 bits per heavy atom. The molecule has 0 saturated carbocycles. The quantitative estimate of drug-likeness (QED) is 0.458. The molecule has 0 saturated heterocycles. The SMILES string of the molecule is Cc1ccnc(C#CCS)n1. The molecular formula is C8H8N2S. The third-order valence-electron chi connectivity index (χ3n) is 1.07. The number of nitrogens with zero attached hydrogens (tertiary/aromatic N) is 2. The summed E-state index contributed by atoms with van der Waals surface area (Å²) in [6.45, 7) is 1.91. The number of hydrogen-bond acceptors (Lipinski definition) is 3. The van der Waals surface area contributed by atoms with Crippen molar-refractivity contribution < 1.29 is 0 Å². The van der Waals surface area contributed by atoms with Crippen LogP contribution in [0.15, 0.2) is 12.3 Å². The fraction of sp³-hybridized carbons (Fsp3) is 0.250. The Hall–Kier alpha value is -1.01. The van der Waals surface area contributed by atoms with Crippen molar-refractivity contribution in [2.45, 2.75) is 6.92 Å². The van der Waals surface area contributed by atoms with Gasteiger partial charge < -0.3 is 0 Å². The minimum Gasteiger partial charge on any atom is -0.229 e. The second-order valence-corrected chi connectivity index (χ2v) is 2.30. The van der Waals surface area contributed by atoms with Crippen molar-refractivity contribution in [3.05, 3.63) is 23.8 Å². The molecule has 0 unspecified atom stereocenters. The van der Waals surface area contributed by atoms with Crippen LogP contribution in [-0.4, -0.2) is 15.7 Å². The van der Waals surface area contributed by atoms with E-state index in [1.807, 2.05) is 13.0 Å². The number of hydrogen-bond donors (Lipinski definition) is 1. The highest BCUT2D eigenvalue weighted by molar-refractivity contribution is 7.80.